The standard InChI is InChI=1S/C8H16O3S2/c1-3-8(2,9)7-12(10)5-4-6-13(7)11/h7,9H,3-6H2,1-2H3/t7?,8-,12?,13?/m0/s1. The first kappa shape index (κ1) is 11.3. The van der Waals surface area contributed by atoms with E-state index in [1.54, 1.807) is 6.92 Å². The van der Waals surface area contributed by atoms with Gasteiger partial charge in [0.15, 0.2) is 0 Å². The highest BCUT2D eigenvalue weighted by Gasteiger charge is 2.41. The van der Waals surface area contributed by atoms with Crippen LogP contribution in [0.2, 0.25) is 0 Å². The summed E-state index contributed by atoms with van der Waals surface area (Å²) in [6.07, 6.45) is 1.24. The van der Waals surface area contributed by atoms with E-state index in [0.29, 0.717) is 17.9 Å². The summed E-state index contributed by atoms with van der Waals surface area (Å²) in [5.41, 5.74) is -1.05. The zero-order chi connectivity index (χ0) is 10.1. The minimum atomic E-state index is -1.13. The Morgan fingerprint density at radius 3 is 2.23 bits per heavy atom. The van der Waals surface area contributed by atoms with E-state index in [-0.39, 0.29) is 0 Å². The Morgan fingerprint density at radius 2 is 1.85 bits per heavy atom. The molecule has 0 aromatic heterocycles. The van der Waals surface area contributed by atoms with Gasteiger partial charge in [0.2, 0.25) is 0 Å². The fourth-order valence-corrected chi connectivity index (χ4v) is 5.88. The van der Waals surface area contributed by atoms with Crippen LogP contribution < -0.4 is 0 Å². The third-order valence-corrected chi connectivity index (χ3v) is 7.03. The van der Waals surface area contributed by atoms with Crippen molar-refractivity contribution in [1.82, 2.24) is 0 Å². The topological polar surface area (TPSA) is 54.4 Å². The summed E-state index contributed by atoms with van der Waals surface area (Å²) in [4.78, 5) is 0. The van der Waals surface area contributed by atoms with Crippen LogP contribution >= 0.6 is 0 Å². The Kier molecular flexibility index (Phi) is 3.65. The molecule has 1 saturated heterocycles. The zero-order valence-electron chi connectivity index (χ0n) is 7.99. The van der Waals surface area contributed by atoms with Crippen molar-refractivity contribution in [3.63, 3.8) is 0 Å². The van der Waals surface area contributed by atoms with E-state index in [2.05, 4.69) is 0 Å². The molecule has 0 saturated carbocycles. The summed E-state index contributed by atoms with van der Waals surface area (Å²) in [7, 11) is -2.26. The summed E-state index contributed by atoms with van der Waals surface area (Å²) in [6.45, 7) is 3.45. The average molecular weight is 224 g/mol. The summed E-state index contributed by atoms with van der Waals surface area (Å²) < 4.78 is 22.6. The zero-order valence-corrected chi connectivity index (χ0v) is 9.62. The summed E-state index contributed by atoms with van der Waals surface area (Å²) >= 11 is 0. The van der Waals surface area contributed by atoms with Gasteiger partial charge in [-0.1, -0.05) is 6.92 Å². The molecule has 2 unspecified atom stereocenters. The molecule has 1 aliphatic rings. The van der Waals surface area contributed by atoms with E-state index >= 15 is 0 Å². The highest BCUT2D eigenvalue weighted by molar-refractivity contribution is 8.03. The molecule has 78 valence electrons. The van der Waals surface area contributed by atoms with Crippen LogP contribution in [0.5, 0.6) is 0 Å². The molecule has 0 aromatic carbocycles. The smallest absolute Gasteiger partial charge is 0.138 e. The van der Waals surface area contributed by atoms with E-state index in [9.17, 15) is 13.5 Å². The van der Waals surface area contributed by atoms with Gasteiger partial charge >= 0.3 is 0 Å². The highest BCUT2D eigenvalue weighted by Crippen LogP contribution is 2.26. The van der Waals surface area contributed by atoms with Crippen LogP contribution in [0.25, 0.3) is 0 Å². The predicted octanol–water partition coefficient (Wildman–Crippen LogP) is 0.375. The van der Waals surface area contributed by atoms with Crippen molar-refractivity contribution in [1.29, 1.82) is 0 Å². The molecule has 0 spiro atoms. The molecule has 0 radical (unpaired) electrons. The van der Waals surface area contributed by atoms with Crippen molar-refractivity contribution in [2.45, 2.75) is 36.9 Å². The molecule has 1 fully saturated rings. The minimum absolute atomic E-state index is 0.495. The second-order valence-electron chi connectivity index (χ2n) is 3.57. The summed E-state index contributed by atoms with van der Waals surface area (Å²) in [5, 5.41) is 9.90. The molecule has 1 rings (SSSR count). The fraction of sp³-hybridized carbons (Fsp3) is 1.00. The first-order valence-electron chi connectivity index (χ1n) is 4.46. The van der Waals surface area contributed by atoms with Crippen LogP contribution in [-0.2, 0) is 21.6 Å². The molecule has 5 heteroatoms. The van der Waals surface area contributed by atoms with E-state index in [4.69, 9.17) is 0 Å². The lowest BCUT2D eigenvalue weighted by molar-refractivity contribution is 0.0712. The SMILES string of the molecule is CC[C@](C)(O)C1S(=O)CCCS1=O. The quantitative estimate of drug-likeness (QED) is 0.737. The van der Waals surface area contributed by atoms with E-state index in [1.807, 2.05) is 6.92 Å². The van der Waals surface area contributed by atoms with Gasteiger partial charge in [0.05, 0.1) is 5.60 Å². The van der Waals surface area contributed by atoms with Crippen LogP contribution in [-0.4, -0.2) is 35.2 Å². The largest absolute Gasteiger partial charge is 0.388 e. The molecule has 0 bridgehead atoms. The van der Waals surface area contributed by atoms with Crippen LogP contribution in [0.3, 0.4) is 0 Å². The van der Waals surface area contributed by atoms with Gasteiger partial charge in [-0.3, -0.25) is 8.42 Å². The molecule has 3 nitrogen and oxygen atoms in total. The van der Waals surface area contributed by atoms with E-state index in [1.165, 1.54) is 0 Å². The van der Waals surface area contributed by atoms with Crippen molar-refractivity contribution in [2.24, 2.45) is 0 Å². The van der Waals surface area contributed by atoms with Crippen LogP contribution in [0.1, 0.15) is 26.7 Å². The third-order valence-electron chi connectivity index (χ3n) is 2.39. The Morgan fingerprint density at radius 1 is 1.38 bits per heavy atom. The van der Waals surface area contributed by atoms with Gasteiger partial charge in [-0.25, -0.2) is 0 Å². The van der Waals surface area contributed by atoms with Crippen molar-refractivity contribution in [2.75, 3.05) is 11.5 Å². The lowest BCUT2D eigenvalue weighted by Crippen LogP contribution is -2.48. The summed E-state index contributed by atoms with van der Waals surface area (Å²) in [6, 6.07) is 0. The van der Waals surface area contributed by atoms with E-state index in [0.717, 1.165) is 6.42 Å². The van der Waals surface area contributed by atoms with Crippen molar-refractivity contribution in [3.05, 3.63) is 0 Å². The van der Waals surface area contributed by atoms with Crippen LogP contribution in [0.15, 0.2) is 0 Å². The molecule has 0 aliphatic carbocycles. The normalized spacial score (nSPS) is 39.8. The van der Waals surface area contributed by atoms with Crippen LogP contribution in [0.4, 0.5) is 0 Å². The van der Waals surface area contributed by atoms with E-state index < -0.39 is 31.8 Å². The second kappa shape index (κ2) is 4.19. The maximum absolute atomic E-state index is 11.6. The Labute approximate surface area is 83.8 Å². The minimum Gasteiger partial charge on any atom is -0.388 e. The monoisotopic (exact) mass is 224 g/mol. The molecule has 0 amide bonds. The molecule has 0 aromatic rings. The third kappa shape index (κ3) is 2.39. The van der Waals surface area contributed by atoms with Gasteiger partial charge in [-0.2, -0.15) is 0 Å². The Bertz CT molecular complexity index is 222. The fourth-order valence-electron chi connectivity index (χ4n) is 1.41. The lowest BCUT2D eigenvalue weighted by Gasteiger charge is -2.32. The maximum atomic E-state index is 11.6. The predicted molar refractivity (Wildman–Crippen MR) is 55.3 cm³/mol. The molecule has 1 heterocycles. The van der Waals surface area contributed by atoms with Gasteiger partial charge in [-0.05, 0) is 19.8 Å². The molecular weight excluding hydrogens is 208 g/mol. The maximum Gasteiger partial charge on any atom is 0.138 e. The first-order valence-corrected chi connectivity index (χ1v) is 7.22. The molecule has 1 aliphatic heterocycles. The Hall–Kier alpha value is 0.260. The molecular formula is C8H16O3S2. The van der Waals surface area contributed by atoms with Gasteiger partial charge < -0.3 is 5.11 Å². The molecule has 1 N–H and O–H groups in total. The van der Waals surface area contributed by atoms with Gasteiger partial charge in [0.1, 0.15) is 4.58 Å². The van der Waals surface area contributed by atoms with Gasteiger partial charge in [0.25, 0.3) is 0 Å². The lowest BCUT2D eigenvalue weighted by atomic mass is 10.1. The molecule has 13 heavy (non-hydrogen) atoms. The number of hydrogen-bond acceptors (Lipinski definition) is 3. The number of rotatable bonds is 2. The Balaban J connectivity index is 2.86. The van der Waals surface area contributed by atoms with Gasteiger partial charge in [0, 0.05) is 33.1 Å². The molecule has 3 atom stereocenters. The van der Waals surface area contributed by atoms with Crippen LogP contribution in [0, 0.1) is 0 Å². The van der Waals surface area contributed by atoms with Crippen molar-refractivity contribution >= 4 is 21.6 Å². The number of aliphatic hydroxyl groups is 1. The average Bonchev–Trinajstić information content (AvgIpc) is 2.03. The van der Waals surface area contributed by atoms with Crippen molar-refractivity contribution in [3.8, 4) is 0 Å². The first-order chi connectivity index (χ1) is 5.99. The second-order valence-corrected chi connectivity index (χ2v) is 7.15. The van der Waals surface area contributed by atoms with Gasteiger partial charge in [-0.15, -0.1) is 0 Å². The highest BCUT2D eigenvalue weighted by atomic mass is 32.2. The number of hydrogen-bond donors (Lipinski definition) is 1. The summed E-state index contributed by atoms with van der Waals surface area (Å²) in [5.74, 6) is 1.15. The van der Waals surface area contributed by atoms with Crippen molar-refractivity contribution < 1.29 is 13.5 Å².